The van der Waals surface area contributed by atoms with Gasteiger partial charge in [-0.3, -0.25) is 0 Å². The Morgan fingerprint density at radius 2 is 1.46 bits per heavy atom. The zero-order chi connectivity index (χ0) is 20.5. The number of epoxide rings is 1. The number of rotatable bonds is 18. The topological polar surface area (TPSA) is 52.8 Å². The Morgan fingerprint density at radius 1 is 0.929 bits per heavy atom. The van der Waals surface area contributed by atoms with Crippen LogP contribution in [0.4, 0.5) is 0 Å². The third-order valence-corrected chi connectivity index (χ3v) is 5.58. The van der Waals surface area contributed by atoms with Crippen molar-refractivity contribution in [1.29, 1.82) is 0 Å². The lowest BCUT2D eigenvalue weighted by Crippen LogP contribution is -1.99. The van der Waals surface area contributed by atoms with Gasteiger partial charge < -0.3 is 14.7 Å². The van der Waals surface area contributed by atoms with Gasteiger partial charge in [0.25, 0.3) is 0 Å². The molecule has 1 N–H and O–H groups in total. The first-order chi connectivity index (χ1) is 13.6. The molecule has 28 heavy (non-hydrogen) atoms. The van der Waals surface area contributed by atoms with E-state index in [-0.39, 0.29) is 0 Å². The van der Waals surface area contributed by atoms with E-state index in [1.54, 1.807) is 0 Å². The van der Waals surface area contributed by atoms with Crippen LogP contribution in [0, 0.1) is 0 Å². The fourth-order valence-electron chi connectivity index (χ4n) is 3.35. The van der Waals surface area contributed by atoms with Gasteiger partial charge in [0.2, 0.25) is 0 Å². The molecule has 0 aromatic rings. The lowest BCUT2D eigenvalue weighted by molar-refractivity contribution is -0.132. The van der Waals surface area contributed by atoms with Gasteiger partial charge in [-0.05, 0) is 38.6 Å². The molecule has 2 aliphatic rings. The van der Waals surface area contributed by atoms with E-state index < -0.39 is 5.97 Å². The minimum atomic E-state index is -0.845. The highest BCUT2D eigenvalue weighted by Crippen LogP contribution is 2.17. The van der Waals surface area contributed by atoms with Crippen LogP contribution in [0.1, 0.15) is 103 Å². The molecule has 0 amide bonds. The van der Waals surface area contributed by atoms with Crippen LogP contribution in [0.15, 0.2) is 12.2 Å². The predicted octanol–water partition coefficient (Wildman–Crippen LogP) is 6.20. The molecule has 1 atom stereocenters. The van der Waals surface area contributed by atoms with E-state index in [0.29, 0.717) is 18.1 Å². The third kappa shape index (κ3) is 17.2. The summed E-state index contributed by atoms with van der Waals surface area (Å²) in [6, 6.07) is 0. The van der Waals surface area contributed by atoms with Crippen molar-refractivity contribution in [1.82, 2.24) is 4.90 Å². The number of carboxylic acids is 1. The first-order valence-electron chi connectivity index (χ1n) is 11.9. The highest BCUT2D eigenvalue weighted by atomic mass is 16.6. The van der Waals surface area contributed by atoms with Gasteiger partial charge in [-0.2, -0.15) is 0 Å². The van der Waals surface area contributed by atoms with Gasteiger partial charge in [0, 0.05) is 18.7 Å². The van der Waals surface area contributed by atoms with Crippen LogP contribution in [0.5, 0.6) is 0 Å². The van der Waals surface area contributed by atoms with Crippen molar-refractivity contribution in [3.63, 3.8) is 0 Å². The van der Waals surface area contributed by atoms with Crippen molar-refractivity contribution in [3.05, 3.63) is 12.2 Å². The van der Waals surface area contributed by atoms with E-state index in [0.717, 1.165) is 19.4 Å². The number of nitrogens with zero attached hydrogens (tertiary/aromatic N) is 1. The second-order valence-electron chi connectivity index (χ2n) is 8.49. The molecule has 1 unspecified atom stereocenters. The SMILES string of the molecule is C(CCN1CC1)CC1CO1.C=C(CCCCCCCCCCCCC)C(=O)O. The lowest BCUT2D eigenvalue weighted by Gasteiger charge is -2.02. The molecule has 4 nitrogen and oxygen atoms in total. The van der Waals surface area contributed by atoms with Gasteiger partial charge >= 0.3 is 5.97 Å². The summed E-state index contributed by atoms with van der Waals surface area (Å²) in [4.78, 5) is 13.0. The van der Waals surface area contributed by atoms with Crippen molar-refractivity contribution in [2.45, 2.75) is 109 Å². The van der Waals surface area contributed by atoms with Crippen molar-refractivity contribution < 1.29 is 14.6 Å². The molecule has 0 saturated carbocycles. The standard InChI is InChI=1S/C16H30O2.C8H15NO/c1-3-4-5-6-7-8-9-10-11-12-13-14-15(2)16(17)18;1(3-8-7-10-8)2-4-9-5-6-9/h2-14H2,1H3,(H,17,18);8H,1-7H2. The quantitative estimate of drug-likeness (QED) is 0.170. The molecule has 0 bridgehead atoms. The summed E-state index contributed by atoms with van der Waals surface area (Å²) >= 11 is 0. The van der Waals surface area contributed by atoms with Crippen molar-refractivity contribution in [2.24, 2.45) is 0 Å². The van der Waals surface area contributed by atoms with E-state index in [2.05, 4.69) is 18.4 Å². The molecule has 164 valence electrons. The predicted molar refractivity (Wildman–Crippen MR) is 118 cm³/mol. The average Bonchev–Trinajstić information content (AvgIpc) is 3.58. The second kappa shape index (κ2) is 17.0. The van der Waals surface area contributed by atoms with Gasteiger partial charge in [0.15, 0.2) is 0 Å². The summed E-state index contributed by atoms with van der Waals surface area (Å²) in [6.07, 6.45) is 19.6. The molecule has 0 radical (unpaired) electrons. The molecular formula is C24H45NO3. The molecule has 4 heteroatoms. The van der Waals surface area contributed by atoms with Crippen LogP contribution in [-0.2, 0) is 9.53 Å². The number of carboxylic acid groups (broad SMARTS) is 1. The van der Waals surface area contributed by atoms with E-state index in [9.17, 15) is 4.79 Å². The fraction of sp³-hybridized carbons (Fsp3) is 0.875. The maximum Gasteiger partial charge on any atom is 0.330 e. The summed E-state index contributed by atoms with van der Waals surface area (Å²) < 4.78 is 5.12. The molecule has 2 rings (SSSR count). The number of ether oxygens (including phenoxy) is 1. The maximum atomic E-state index is 10.5. The fourth-order valence-corrected chi connectivity index (χ4v) is 3.35. The Morgan fingerprint density at radius 3 is 1.93 bits per heavy atom. The lowest BCUT2D eigenvalue weighted by atomic mass is 10.0. The Balaban J connectivity index is 0.000000324. The number of unbranched alkanes of at least 4 members (excludes halogenated alkanes) is 11. The number of carbonyl (C=O) groups is 1. The van der Waals surface area contributed by atoms with Gasteiger partial charge in [-0.25, -0.2) is 4.79 Å². The molecule has 2 aliphatic heterocycles. The Hall–Kier alpha value is -0.870. The van der Waals surface area contributed by atoms with Crippen LogP contribution >= 0.6 is 0 Å². The van der Waals surface area contributed by atoms with Crippen molar-refractivity contribution in [3.8, 4) is 0 Å². The monoisotopic (exact) mass is 395 g/mol. The van der Waals surface area contributed by atoms with Crippen LogP contribution in [0.25, 0.3) is 0 Å². The van der Waals surface area contributed by atoms with Crippen molar-refractivity contribution >= 4 is 5.97 Å². The van der Waals surface area contributed by atoms with E-state index in [1.807, 2.05) is 0 Å². The molecule has 2 heterocycles. The van der Waals surface area contributed by atoms with Gasteiger partial charge in [0.1, 0.15) is 0 Å². The Labute approximate surface area is 173 Å². The molecule has 0 aromatic carbocycles. The highest BCUT2D eigenvalue weighted by Gasteiger charge is 2.22. The number of aliphatic carboxylic acids is 1. The minimum Gasteiger partial charge on any atom is -0.478 e. The van der Waals surface area contributed by atoms with E-state index >= 15 is 0 Å². The van der Waals surface area contributed by atoms with Crippen LogP contribution in [-0.4, -0.2) is 48.3 Å². The molecular weight excluding hydrogens is 350 g/mol. The van der Waals surface area contributed by atoms with Crippen LogP contribution in [0.3, 0.4) is 0 Å². The number of hydrogen-bond acceptors (Lipinski definition) is 3. The van der Waals surface area contributed by atoms with Gasteiger partial charge in [0.05, 0.1) is 12.7 Å². The summed E-state index contributed by atoms with van der Waals surface area (Å²) in [7, 11) is 0. The van der Waals surface area contributed by atoms with Gasteiger partial charge in [-0.1, -0.05) is 77.7 Å². The second-order valence-corrected chi connectivity index (χ2v) is 8.49. The van der Waals surface area contributed by atoms with Crippen LogP contribution in [0.2, 0.25) is 0 Å². The van der Waals surface area contributed by atoms with E-state index in [4.69, 9.17) is 9.84 Å². The zero-order valence-electron chi connectivity index (χ0n) is 18.4. The Bertz CT molecular complexity index is 389. The Kier molecular flexibility index (Phi) is 15.3. The molecule has 2 saturated heterocycles. The summed E-state index contributed by atoms with van der Waals surface area (Å²) in [5, 5.41) is 8.64. The zero-order valence-corrected chi connectivity index (χ0v) is 18.4. The molecule has 2 fully saturated rings. The summed E-state index contributed by atoms with van der Waals surface area (Å²) in [6.45, 7) is 10.8. The average molecular weight is 396 g/mol. The molecule has 0 aromatic heterocycles. The maximum absolute atomic E-state index is 10.5. The normalized spacial score (nSPS) is 17.7. The van der Waals surface area contributed by atoms with Gasteiger partial charge in [-0.15, -0.1) is 0 Å². The largest absolute Gasteiger partial charge is 0.478 e. The highest BCUT2D eigenvalue weighted by molar-refractivity contribution is 5.85. The summed E-state index contributed by atoms with van der Waals surface area (Å²) in [5.41, 5.74) is 0.353. The molecule has 0 aliphatic carbocycles. The van der Waals surface area contributed by atoms with E-state index in [1.165, 1.54) is 96.7 Å². The number of hydrogen-bond donors (Lipinski definition) is 1. The summed E-state index contributed by atoms with van der Waals surface area (Å²) in [5.74, 6) is -0.845. The van der Waals surface area contributed by atoms with Crippen LogP contribution < -0.4 is 0 Å². The smallest absolute Gasteiger partial charge is 0.330 e. The molecule has 0 spiro atoms. The third-order valence-electron chi connectivity index (χ3n) is 5.58. The first-order valence-corrected chi connectivity index (χ1v) is 11.9. The van der Waals surface area contributed by atoms with Crippen molar-refractivity contribution in [2.75, 3.05) is 26.2 Å². The first kappa shape index (κ1) is 25.2. The minimum absolute atomic E-state index is 0.353.